The minimum absolute atomic E-state index is 0.393. The number of unbranched alkanes of at least 4 members (excludes halogenated alkanes) is 1. The van der Waals surface area contributed by atoms with Gasteiger partial charge in [-0.05, 0) is 31.5 Å². The van der Waals surface area contributed by atoms with Crippen molar-refractivity contribution in [3.63, 3.8) is 0 Å². The fourth-order valence-corrected chi connectivity index (χ4v) is 1.80. The SMILES string of the molecule is CCCC[C@H](NC(=O)c1cccc(OCC)c1)C(=O)O. The number of ether oxygens (including phenoxy) is 1. The number of amides is 1. The van der Waals surface area contributed by atoms with E-state index in [9.17, 15) is 9.59 Å². The topological polar surface area (TPSA) is 75.6 Å². The van der Waals surface area contributed by atoms with Crippen molar-refractivity contribution in [3.05, 3.63) is 29.8 Å². The molecule has 5 nitrogen and oxygen atoms in total. The molecule has 20 heavy (non-hydrogen) atoms. The van der Waals surface area contributed by atoms with E-state index in [2.05, 4.69) is 5.32 Å². The van der Waals surface area contributed by atoms with Crippen LogP contribution in [0.3, 0.4) is 0 Å². The molecular formula is C15H21NO4. The highest BCUT2D eigenvalue weighted by Crippen LogP contribution is 2.13. The number of carboxylic acid groups (broad SMARTS) is 1. The predicted molar refractivity (Wildman–Crippen MR) is 76.0 cm³/mol. The second-order valence-corrected chi connectivity index (χ2v) is 4.47. The molecule has 1 aromatic rings. The fourth-order valence-electron chi connectivity index (χ4n) is 1.80. The molecule has 0 aromatic heterocycles. The summed E-state index contributed by atoms with van der Waals surface area (Å²) >= 11 is 0. The number of carbonyl (C=O) groups excluding carboxylic acids is 1. The number of benzene rings is 1. The van der Waals surface area contributed by atoms with Gasteiger partial charge in [0.2, 0.25) is 0 Å². The molecule has 0 aliphatic rings. The third-order valence-electron chi connectivity index (χ3n) is 2.86. The van der Waals surface area contributed by atoms with Crippen molar-refractivity contribution in [2.24, 2.45) is 0 Å². The zero-order valence-corrected chi connectivity index (χ0v) is 11.9. The summed E-state index contributed by atoms with van der Waals surface area (Å²) in [6.45, 7) is 4.35. The first-order chi connectivity index (χ1) is 9.58. The Labute approximate surface area is 118 Å². The fraction of sp³-hybridized carbons (Fsp3) is 0.467. The van der Waals surface area contributed by atoms with Gasteiger partial charge < -0.3 is 15.2 Å². The summed E-state index contributed by atoms with van der Waals surface area (Å²) < 4.78 is 5.32. The highest BCUT2D eigenvalue weighted by Gasteiger charge is 2.20. The van der Waals surface area contributed by atoms with Crippen LogP contribution in [-0.4, -0.2) is 29.6 Å². The maximum absolute atomic E-state index is 12.0. The minimum Gasteiger partial charge on any atom is -0.494 e. The Morgan fingerprint density at radius 3 is 2.70 bits per heavy atom. The Bertz CT molecular complexity index is 459. The van der Waals surface area contributed by atoms with Crippen molar-refractivity contribution in [2.75, 3.05) is 6.61 Å². The lowest BCUT2D eigenvalue weighted by Crippen LogP contribution is -2.40. The van der Waals surface area contributed by atoms with Crippen LogP contribution in [0.1, 0.15) is 43.5 Å². The molecule has 2 N–H and O–H groups in total. The molecule has 0 aliphatic heterocycles. The molecule has 0 aliphatic carbocycles. The average molecular weight is 279 g/mol. The average Bonchev–Trinajstić information content (AvgIpc) is 2.43. The van der Waals surface area contributed by atoms with Crippen LogP contribution in [0.5, 0.6) is 5.75 Å². The standard InChI is InChI=1S/C15H21NO4/c1-3-5-9-13(15(18)19)16-14(17)11-7-6-8-12(10-11)20-4-2/h6-8,10,13H,3-5,9H2,1-2H3,(H,16,17)(H,18,19)/t13-/m0/s1. The summed E-state index contributed by atoms with van der Waals surface area (Å²) in [5.41, 5.74) is 0.402. The van der Waals surface area contributed by atoms with E-state index >= 15 is 0 Å². The summed E-state index contributed by atoms with van der Waals surface area (Å²) in [4.78, 5) is 23.2. The first kappa shape index (κ1) is 16.0. The molecule has 0 unspecified atom stereocenters. The summed E-state index contributed by atoms with van der Waals surface area (Å²) in [7, 11) is 0. The molecule has 0 heterocycles. The van der Waals surface area contributed by atoms with E-state index in [-0.39, 0.29) is 0 Å². The Morgan fingerprint density at radius 2 is 2.10 bits per heavy atom. The smallest absolute Gasteiger partial charge is 0.326 e. The summed E-state index contributed by atoms with van der Waals surface area (Å²) in [5, 5.41) is 11.6. The molecule has 1 aromatic carbocycles. The zero-order valence-electron chi connectivity index (χ0n) is 11.9. The van der Waals surface area contributed by atoms with E-state index in [1.807, 2.05) is 13.8 Å². The molecule has 5 heteroatoms. The second kappa shape index (κ2) is 8.19. The molecule has 1 rings (SSSR count). The predicted octanol–water partition coefficient (Wildman–Crippen LogP) is 2.46. The third kappa shape index (κ3) is 4.91. The molecule has 1 amide bonds. The van der Waals surface area contributed by atoms with Gasteiger partial charge in [0.05, 0.1) is 6.61 Å². The highest BCUT2D eigenvalue weighted by molar-refractivity contribution is 5.96. The zero-order chi connectivity index (χ0) is 15.0. The highest BCUT2D eigenvalue weighted by atomic mass is 16.5. The van der Waals surface area contributed by atoms with E-state index < -0.39 is 17.9 Å². The molecule has 0 saturated heterocycles. The van der Waals surface area contributed by atoms with Gasteiger partial charge in [-0.1, -0.05) is 25.8 Å². The quantitative estimate of drug-likeness (QED) is 0.766. The molecule has 1 atom stereocenters. The Morgan fingerprint density at radius 1 is 1.35 bits per heavy atom. The van der Waals surface area contributed by atoms with E-state index in [4.69, 9.17) is 9.84 Å². The van der Waals surface area contributed by atoms with Gasteiger partial charge in [-0.3, -0.25) is 4.79 Å². The van der Waals surface area contributed by atoms with Crippen molar-refractivity contribution in [2.45, 2.75) is 39.2 Å². The summed E-state index contributed by atoms with van der Waals surface area (Å²) in [6.07, 6.45) is 2.08. The summed E-state index contributed by atoms with van der Waals surface area (Å²) in [5.74, 6) is -0.802. The number of carboxylic acids is 1. The van der Waals surface area contributed by atoms with Crippen molar-refractivity contribution >= 4 is 11.9 Å². The Hall–Kier alpha value is -2.04. The van der Waals surface area contributed by atoms with E-state index in [1.54, 1.807) is 24.3 Å². The van der Waals surface area contributed by atoms with Crippen LogP contribution in [0, 0.1) is 0 Å². The molecule has 0 radical (unpaired) electrons. The number of hydrogen-bond donors (Lipinski definition) is 2. The van der Waals surface area contributed by atoms with Gasteiger partial charge >= 0.3 is 5.97 Å². The van der Waals surface area contributed by atoms with E-state index in [1.165, 1.54) is 0 Å². The number of rotatable bonds is 8. The minimum atomic E-state index is -1.01. The van der Waals surface area contributed by atoms with E-state index in [0.29, 0.717) is 24.3 Å². The van der Waals surface area contributed by atoms with Crippen molar-refractivity contribution < 1.29 is 19.4 Å². The molecule has 0 spiro atoms. The van der Waals surface area contributed by atoms with Gasteiger partial charge in [0.15, 0.2) is 0 Å². The number of carbonyl (C=O) groups is 2. The van der Waals surface area contributed by atoms with Crippen LogP contribution in [0.4, 0.5) is 0 Å². The second-order valence-electron chi connectivity index (χ2n) is 4.47. The van der Waals surface area contributed by atoms with Crippen molar-refractivity contribution in [1.29, 1.82) is 0 Å². The van der Waals surface area contributed by atoms with Crippen LogP contribution in [0.25, 0.3) is 0 Å². The Kier molecular flexibility index (Phi) is 6.56. The first-order valence-electron chi connectivity index (χ1n) is 6.85. The number of hydrogen-bond acceptors (Lipinski definition) is 3. The van der Waals surface area contributed by atoms with Crippen LogP contribution in [-0.2, 0) is 4.79 Å². The van der Waals surface area contributed by atoms with E-state index in [0.717, 1.165) is 12.8 Å². The molecule has 0 saturated carbocycles. The van der Waals surface area contributed by atoms with Gasteiger partial charge in [-0.2, -0.15) is 0 Å². The van der Waals surface area contributed by atoms with Crippen LogP contribution in [0.15, 0.2) is 24.3 Å². The van der Waals surface area contributed by atoms with Gasteiger partial charge in [0, 0.05) is 5.56 Å². The maximum atomic E-state index is 12.0. The normalized spacial score (nSPS) is 11.7. The van der Waals surface area contributed by atoms with Gasteiger partial charge in [0.25, 0.3) is 5.91 Å². The first-order valence-corrected chi connectivity index (χ1v) is 6.85. The summed E-state index contributed by atoms with van der Waals surface area (Å²) in [6, 6.07) is 5.86. The van der Waals surface area contributed by atoms with Gasteiger partial charge in [-0.15, -0.1) is 0 Å². The number of nitrogens with one attached hydrogen (secondary N) is 1. The Balaban J connectivity index is 2.72. The van der Waals surface area contributed by atoms with Crippen molar-refractivity contribution in [3.8, 4) is 5.75 Å². The van der Waals surface area contributed by atoms with Gasteiger partial charge in [-0.25, -0.2) is 4.79 Å². The van der Waals surface area contributed by atoms with Crippen LogP contribution in [0.2, 0.25) is 0 Å². The lowest BCUT2D eigenvalue weighted by Gasteiger charge is -2.14. The number of aliphatic carboxylic acids is 1. The lowest BCUT2D eigenvalue weighted by atomic mass is 10.1. The largest absolute Gasteiger partial charge is 0.494 e. The monoisotopic (exact) mass is 279 g/mol. The van der Waals surface area contributed by atoms with Crippen molar-refractivity contribution in [1.82, 2.24) is 5.32 Å². The molecule has 0 fully saturated rings. The van der Waals surface area contributed by atoms with Crippen LogP contribution >= 0.6 is 0 Å². The maximum Gasteiger partial charge on any atom is 0.326 e. The molecule has 0 bridgehead atoms. The lowest BCUT2D eigenvalue weighted by molar-refractivity contribution is -0.139. The third-order valence-corrected chi connectivity index (χ3v) is 2.86. The molecular weight excluding hydrogens is 258 g/mol. The molecule has 110 valence electrons. The van der Waals surface area contributed by atoms with Crippen LogP contribution < -0.4 is 10.1 Å². The van der Waals surface area contributed by atoms with Gasteiger partial charge in [0.1, 0.15) is 11.8 Å².